The lowest BCUT2D eigenvalue weighted by Gasteiger charge is -2.20. The quantitative estimate of drug-likeness (QED) is 0.752. The van der Waals surface area contributed by atoms with Crippen LogP contribution in [0.3, 0.4) is 0 Å². The van der Waals surface area contributed by atoms with Crippen molar-refractivity contribution in [2.75, 3.05) is 19.7 Å². The highest BCUT2D eigenvalue weighted by Gasteiger charge is 2.25. The molecule has 2 aromatic rings. The highest BCUT2D eigenvalue weighted by atomic mass is 32.2. The van der Waals surface area contributed by atoms with Crippen molar-refractivity contribution in [3.05, 3.63) is 59.7 Å². The van der Waals surface area contributed by atoms with Crippen LogP contribution in [0.25, 0.3) is 0 Å². The molecule has 0 spiro atoms. The molecule has 29 heavy (non-hydrogen) atoms. The van der Waals surface area contributed by atoms with Crippen molar-refractivity contribution in [3.8, 4) is 5.75 Å². The topological polar surface area (TPSA) is 75.7 Å². The average Bonchev–Trinajstić information content (AvgIpc) is 3.02. The van der Waals surface area contributed by atoms with Crippen molar-refractivity contribution in [1.82, 2.24) is 9.62 Å². The van der Waals surface area contributed by atoms with Gasteiger partial charge in [0.05, 0.1) is 4.90 Å². The monoisotopic (exact) mass is 416 g/mol. The molecule has 0 bridgehead atoms. The number of ether oxygens (including phenoxy) is 1. The number of benzene rings is 2. The van der Waals surface area contributed by atoms with Gasteiger partial charge < -0.3 is 10.1 Å². The fraction of sp³-hybridized carbons (Fsp3) is 0.409. The van der Waals surface area contributed by atoms with Crippen LogP contribution in [0.15, 0.2) is 53.4 Å². The number of carbonyl (C=O) groups is 1. The predicted octanol–water partition coefficient (Wildman–Crippen LogP) is 3.25. The van der Waals surface area contributed by atoms with Crippen molar-refractivity contribution in [2.45, 2.75) is 44.0 Å². The maximum atomic E-state index is 12.8. The third-order valence-electron chi connectivity index (χ3n) is 5.01. The number of nitrogens with zero attached hydrogens (tertiary/aromatic N) is 1. The van der Waals surface area contributed by atoms with Gasteiger partial charge in [0.1, 0.15) is 5.75 Å². The second-order valence-electron chi connectivity index (χ2n) is 7.34. The fourth-order valence-electron chi connectivity index (χ4n) is 3.25. The van der Waals surface area contributed by atoms with Crippen molar-refractivity contribution in [1.29, 1.82) is 0 Å². The molecule has 7 heteroatoms. The molecule has 0 saturated carbocycles. The number of hydrogen-bond acceptors (Lipinski definition) is 4. The standard InChI is InChI=1S/C22H28N2O4S/c1-18-6-8-19(9-7-18)16-23-22(25)17-28-20-10-12-21(13-11-20)29(26,27)24-14-4-2-3-5-15-24/h6-13H,2-5,14-17H2,1H3,(H,23,25). The van der Waals surface area contributed by atoms with Crippen molar-refractivity contribution in [3.63, 3.8) is 0 Å². The predicted molar refractivity (Wildman–Crippen MR) is 112 cm³/mol. The minimum absolute atomic E-state index is 0.121. The lowest BCUT2D eigenvalue weighted by molar-refractivity contribution is -0.123. The number of carbonyl (C=O) groups excluding carboxylic acids is 1. The first-order chi connectivity index (χ1) is 13.9. The summed E-state index contributed by atoms with van der Waals surface area (Å²) in [6.45, 7) is 3.48. The minimum Gasteiger partial charge on any atom is -0.484 e. The highest BCUT2D eigenvalue weighted by molar-refractivity contribution is 7.89. The Labute approximate surface area is 172 Å². The molecule has 0 aromatic heterocycles. The first-order valence-corrected chi connectivity index (χ1v) is 11.4. The molecule has 1 amide bonds. The minimum atomic E-state index is -3.48. The molecule has 0 atom stereocenters. The SMILES string of the molecule is Cc1ccc(CNC(=O)COc2ccc(S(=O)(=O)N3CCCCCC3)cc2)cc1. The van der Waals surface area contributed by atoms with Crippen LogP contribution in [-0.2, 0) is 21.4 Å². The van der Waals surface area contributed by atoms with Gasteiger partial charge in [-0.3, -0.25) is 4.79 Å². The van der Waals surface area contributed by atoms with Crippen LogP contribution >= 0.6 is 0 Å². The molecule has 0 radical (unpaired) electrons. The van der Waals surface area contributed by atoms with Gasteiger partial charge in [0.15, 0.2) is 6.61 Å². The normalized spacial score (nSPS) is 15.5. The molecule has 3 rings (SSSR count). The maximum absolute atomic E-state index is 12.8. The second-order valence-corrected chi connectivity index (χ2v) is 9.28. The molecule has 1 saturated heterocycles. The number of sulfonamides is 1. The third-order valence-corrected chi connectivity index (χ3v) is 6.92. The van der Waals surface area contributed by atoms with Crippen LogP contribution < -0.4 is 10.1 Å². The van der Waals surface area contributed by atoms with Gasteiger partial charge in [-0.1, -0.05) is 42.7 Å². The number of nitrogens with one attached hydrogen (secondary N) is 1. The molecule has 1 aliphatic rings. The van der Waals surface area contributed by atoms with Crippen LogP contribution in [-0.4, -0.2) is 38.3 Å². The summed E-state index contributed by atoms with van der Waals surface area (Å²) in [6.07, 6.45) is 3.95. The molecule has 1 heterocycles. The number of aryl methyl sites for hydroxylation is 1. The molecular formula is C22H28N2O4S. The van der Waals surface area contributed by atoms with Crippen LogP contribution in [0.4, 0.5) is 0 Å². The van der Waals surface area contributed by atoms with Crippen LogP contribution in [0.5, 0.6) is 5.75 Å². The van der Waals surface area contributed by atoms with E-state index in [4.69, 9.17) is 4.74 Å². The van der Waals surface area contributed by atoms with Gasteiger partial charge in [0.2, 0.25) is 10.0 Å². The third kappa shape index (κ3) is 6.05. The van der Waals surface area contributed by atoms with Gasteiger partial charge >= 0.3 is 0 Å². The van der Waals surface area contributed by atoms with E-state index in [1.807, 2.05) is 31.2 Å². The second kappa shape index (κ2) is 9.89. The maximum Gasteiger partial charge on any atom is 0.258 e. The van der Waals surface area contributed by atoms with Gasteiger partial charge in [0.25, 0.3) is 5.91 Å². The smallest absolute Gasteiger partial charge is 0.258 e. The zero-order valence-corrected chi connectivity index (χ0v) is 17.6. The van der Waals surface area contributed by atoms with E-state index in [9.17, 15) is 13.2 Å². The Bertz CT molecular complexity index is 901. The zero-order valence-electron chi connectivity index (χ0n) is 16.8. The summed E-state index contributed by atoms with van der Waals surface area (Å²) >= 11 is 0. The van der Waals surface area contributed by atoms with Gasteiger partial charge in [-0.25, -0.2) is 8.42 Å². The summed E-state index contributed by atoms with van der Waals surface area (Å²) in [5.74, 6) is 0.233. The van der Waals surface area contributed by atoms with Crippen molar-refractivity contribution >= 4 is 15.9 Å². The Kier molecular flexibility index (Phi) is 7.28. The Hall–Kier alpha value is -2.38. The van der Waals surface area contributed by atoms with Crippen molar-refractivity contribution < 1.29 is 17.9 Å². The lowest BCUT2D eigenvalue weighted by Crippen LogP contribution is -2.31. The number of rotatable bonds is 7. The molecule has 1 N–H and O–H groups in total. The number of amides is 1. The lowest BCUT2D eigenvalue weighted by atomic mass is 10.1. The summed E-state index contributed by atoms with van der Waals surface area (Å²) < 4.78 is 32.6. The molecule has 6 nitrogen and oxygen atoms in total. The molecule has 0 unspecified atom stereocenters. The molecule has 2 aromatic carbocycles. The molecule has 0 aliphatic carbocycles. The van der Waals surface area contributed by atoms with E-state index in [0.29, 0.717) is 25.4 Å². The van der Waals surface area contributed by atoms with E-state index in [0.717, 1.165) is 31.2 Å². The Balaban J connectivity index is 1.50. The van der Waals surface area contributed by atoms with E-state index in [-0.39, 0.29) is 17.4 Å². The van der Waals surface area contributed by atoms with E-state index in [2.05, 4.69) is 5.32 Å². The summed E-state index contributed by atoms with van der Waals surface area (Å²) in [4.78, 5) is 12.2. The summed E-state index contributed by atoms with van der Waals surface area (Å²) in [6, 6.07) is 14.2. The Morgan fingerprint density at radius 1 is 0.966 bits per heavy atom. The molecule has 1 fully saturated rings. The summed E-state index contributed by atoms with van der Waals surface area (Å²) in [5.41, 5.74) is 2.19. The van der Waals surface area contributed by atoms with E-state index in [1.165, 1.54) is 5.56 Å². The fourth-order valence-corrected chi connectivity index (χ4v) is 4.76. The van der Waals surface area contributed by atoms with Gasteiger partial charge in [-0.15, -0.1) is 0 Å². The Morgan fingerprint density at radius 3 is 2.21 bits per heavy atom. The zero-order chi connectivity index (χ0) is 20.7. The summed E-state index contributed by atoms with van der Waals surface area (Å²) in [7, 11) is -3.48. The van der Waals surface area contributed by atoms with Crippen LogP contribution in [0.2, 0.25) is 0 Å². The molecule has 156 valence electrons. The first-order valence-electron chi connectivity index (χ1n) is 10.0. The van der Waals surface area contributed by atoms with E-state index in [1.54, 1.807) is 28.6 Å². The van der Waals surface area contributed by atoms with Gasteiger partial charge in [-0.05, 0) is 49.6 Å². The number of hydrogen-bond donors (Lipinski definition) is 1. The van der Waals surface area contributed by atoms with Crippen LogP contribution in [0, 0.1) is 6.92 Å². The highest BCUT2D eigenvalue weighted by Crippen LogP contribution is 2.22. The Morgan fingerprint density at radius 2 is 1.59 bits per heavy atom. The average molecular weight is 417 g/mol. The van der Waals surface area contributed by atoms with Crippen molar-refractivity contribution in [2.24, 2.45) is 0 Å². The van der Waals surface area contributed by atoms with Gasteiger partial charge in [-0.2, -0.15) is 4.31 Å². The van der Waals surface area contributed by atoms with Gasteiger partial charge in [0, 0.05) is 19.6 Å². The largest absolute Gasteiger partial charge is 0.484 e. The van der Waals surface area contributed by atoms with Crippen LogP contribution in [0.1, 0.15) is 36.8 Å². The summed E-state index contributed by atoms with van der Waals surface area (Å²) in [5, 5.41) is 2.81. The first kappa shape index (κ1) is 21.3. The molecular weight excluding hydrogens is 388 g/mol. The molecule has 1 aliphatic heterocycles. The van der Waals surface area contributed by atoms with E-state index < -0.39 is 10.0 Å². The van der Waals surface area contributed by atoms with E-state index >= 15 is 0 Å².